The van der Waals surface area contributed by atoms with Crippen LogP contribution in [0.15, 0.2) is 24.3 Å². The zero-order valence-corrected chi connectivity index (χ0v) is 16.3. The maximum atomic E-state index is 13.9. The number of hydrogen-bond acceptors (Lipinski definition) is 5. The minimum absolute atomic E-state index is 0.0283. The van der Waals surface area contributed by atoms with Crippen LogP contribution in [0.4, 0.5) is 8.78 Å². The number of rotatable bonds is 3. The molecule has 3 aromatic rings. The van der Waals surface area contributed by atoms with E-state index in [-0.39, 0.29) is 47.1 Å². The highest BCUT2D eigenvalue weighted by molar-refractivity contribution is 6.32. The van der Waals surface area contributed by atoms with Gasteiger partial charge in [-0.25, -0.2) is 13.8 Å². The van der Waals surface area contributed by atoms with Crippen molar-refractivity contribution in [2.24, 2.45) is 5.92 Å². The van der Waals surface area contributed by atoms with E-state index in [0.29, 0.717) is 29.9 Å². The molecule has 0 spiro atoms. The molecule has 2 aliphatic heterocycles. The van der Waals surface area contributed by atoms with Crippen molar-refractivity contribution in [2.45, 2.75) is 37.3 Å². The number of fused-ring (bicyclic) bond motifs is 4. The van der Waals surface area contributed by atoms with Gasteiger partial charge in [-0.1, -0.05) is 17.7 Å². The van der Waals surface area contributed by atoms with E-state index < -0.39 is 17.7 Å². The first-order valence-electron chi connectivity index (χ1n) is 9.75. The highest BCUT2D eigenvalue weighted by Gasteiger charge is 2.56. The van der Waals surface area contributed by atoms with Crippen LogP contribution < -0.4 is 9.47 Å². The number of nitrogens with one attached hydrogen (secondary N) is 1. The Morgan fingerprint density at radius 3 is 2.90 bits per heavy atom. The summed E-state index contributed by atoms with van der Waals surface area (Å²) in [6.45, 7) is 0.0943. The molecule has 4 heterocycles. The number of nitrogens with zero attached hydrogens (tertiary/aromatic N) is 1. The molecule has 1 saturated heterocycles. The quantitative estimate of drug-likeness (QED) is 0.657. The molecule has 6 nitrogen and oxygen atoms in total. The summed E-state index contributed by atoms with van der Waals surface area (Å²) < 4.78 is 45.3. The molecule has 2 fully saturated rings. The Morgan fingerprint density at radius 1 is 1.30 bits per heavy atom. The molecule has 156 valence electrons. The zero-order valence-electron chi connectivity index (χ0n) is 15.6. The van der Waals surface area contributed by atoms with Gasteiger partial charge in [0.1, 0.15) is 29.4 Å². The number of ether oxygens (including phenoxy) is 3. The van der Waals surface area contributed by atoms with Crippen molar-refractivity contribution < 1.29 is 28.1 Å². The van der Waals surface area contributed by atoms with E-state index in [1.54, 1.807) is 6.07 Å². The monoisotopic (exact) mass is 434 g/mol. The van der Waals surface area contributed by atoms with E-state index in [2.05, 4.69) is 9.97 Å². The van der Waals surface area contributed by atoms with E-state index in [9.17, 15) is 13.9 Å². The van der Waals surface area contributed by atoms with E-state index in [0.717, 1.165) is 5.56 Å². The Kier molecular flexibility index (Phi) is 4.00. The minimum Gasteiger partial charge on any atom is -0.473 e. The van der Waals surface area contributed by atoms with Crippen LogP contribution in [-0.4, -0.2) is 40.0 Å². The average Bonchev–Trinajstić information content (AvgIpc) is 3.37. The Labute approximate surface area is 174 Å². The molecule has 9 heteroatoms. The van der Waals surface area contributed by atoms with Crippen LogP contribution in [0.3, 0.4) is 0 Å². The third-order valence-corrected chi connectivity index (χ3v) is 6.62. The van der Waals surface area contributed by atoms with Crippen molar-refractivity contribution in [1.29, 1.82) is 0 Å². The normalized spacial score (nSPS) is 29.0. The topological polar surface area (TPSA) is 76.6 Å². The number of hydrogen-bond donors (Lipinski definition) is 2. The predicted octanol–water partition coefficient (Wildman–Crippen LogP) is 3.70. The van der Waals surface area contributed by atoms with Crippen LogP contribution in [0.25, 0.3) is 11.0 Å². The highest BCUT2D eigenvalue weighted by atomic mass is 35.5. The summed E-state index contributed by atoms with van der Waals surface area (Å²) in [5, 5.41) is 10.6. The van der Waals surface area contributed by atoms with Crippen LogP contribution in [0, 0.1) is 17.6 Å². The molecule has 6 rings (SSSR count). The Morgan fingerprint density at radius 2 is 2.10 bits per heavy atom. The summed E-state index contributed by atoms with van der Waals surface area (Å²) in [4.78, 5) is 7.75. The average molecular weight is 435 g/mol. The molecule has 2 aromatic heterocycles. The SMILES string of the molecule is O[C@@H]1CC2c3c([nH]c4cc(Cl)c(OCc5c(F)cccc5F)nc34)O[C@@H]3COC1[C@@H]23. The third-order valence-electron chi connectivity index (χ3n) is 6.35. The van der Waals surface area contributed by atoms with E-state index in [1.165, 1.54) is 18.2 Å². The smallest absolute Gasteiger partial charge is 0.233 e. The lowest BCUT2D eigenvalue weighted by molar-refractivity contribution is 0.00514. The Balaban J connectivity index is 1.39. The molecule has 2 unspecified atom stereocenters. The van der Waals surface area contributed by atoms with Gasteiger partial charge >= 0.3 is 0 Å². The summed E-state index contributed by atoms with van der Waals surface area (Å²) in [7, 11) is 0. The standard InChI is InChI=1S/C21H17ClF2N2O4/c22-10-5-13-18(26-20(10)29-6-9-11(23)2-1-3-12(9)24)17-8-4-14(27)19-16(8)15(7-28-19)30-21(17)25-13/h1-3,5,8,14-16,19,25,27H,4,6-7H2/t8?,14-,15-,16+,19?/m1/s1. The minimum atomic E-state index is -0.696. The maximum absolute atomic E-state index is 13.9. The fourth-order valence-corrected chi connectivity index (χ4v) is 5.25. The first kappa shape index (κ1) is 18.4. The van der Waals surface area contributed by atoms with Gasteiger partial charge in [-0.15, -0.1) is 0 Å². The lowest BCUT2D eigenvalue weighted by Gasteiger charge is -2.29. The van der Waals surface area contributed by atoms with Crippen molar-refractivity contribution in [3.8, 4) is 11.8 Å². The van der Waals surface area contributed by atoms with Gasteiger partial charge in [-0.05, 0) is 24.6 Å². The largest absolute Gasteiger partial charge is 0.473 e. The number of aromatic nitrogens is 2. The Hall–Kier alpha value is -2.42. The van der Waals surface area contributed by atoms with Gasteiger partial charge in [0, 0.05) is 17.4 Å². The number of aromatic amines is 1. The van der Waals surface area contributed by atoms with Crippen LogP contribution in [-0.2, 0) is 11.3 Å². The first-order valence-corrected chi connectivity index (χ1v) is 10.1. The predicted molar refractivity (Wildman–Crippen MR) is 103 cm³/mol. The van der Waals surface area contributed by atoms with Crippen molar-refractivity contribution in [2.75, 3.05) is 6.61 Å². The summed E-state index contributed by atoms with van der Waals surface area (Å²) in [6, 6.07) is 5.29. The van der Waals surface area contributed by atoms with Crippen LogP contribution in [0.1, 0.15) is 23.5 Å². The van der Waals surface area contributed by atoms with Crippen molar-refractivity contribution in [1.82, 2.24) is 9.97 Å². The molecular formula is C21H17ClF2N2O4. The van der Waals surface area contributed by atoms with Gasteiger partial charge in [0.15, 0.2) is 5.88 Å². The summed E-state index contributed by atoms with van der Waals surface area (Å²) in [5.41, 5.74) is 1.95. The molecular weight excluding hydrogens is 418 g/mol. The molecule has 1 saturated carbocycles. The van der Waals surface area contributed by atoms with E-state index in [4.69, 9.17) is 25.8 Å². The van der Waals surface area contributed by atoms with Crippen molar-refractivity contribution in [3.63, 3.8) is 0 Å². The molecule has 1 aliphatic carbocycles. The summed E-state index contributed by atoms with van der Waals surface area (Å²) >= 11 is 6.31. The van der Waals surface area contributed by atoms with Gasteiger partial charge in [0.2, 0.25) is 5.88 Å². The molecule has 0 amide bonds. The number of H-pyrrole nitrogens is 1. The van der Waals surface area contributed by atoms with E-state index in [1.807, 2.05) is 0 Å². The summed E-state index contributed by atoms with van der Waals surface area (Å²) in [6.07, 6.45) is -0.370. The number of pyridine rings is 1. The van der Waals surface area contributed by atoms with Crippen LogP contribution in [0.5, 0.6) is 11.8 Å². The molecule has 5 atom stereocenters. The van der Waals surface area contributed by atoms with E-state index >= 15 is 0 Å². The lowest BCUT2D eigenvalue weighted by atomic mass is 9.84. The third kappa shape index (κ3) is 2.57. The fourth-order valence-electron chi connectivity index (χ4n) is 5.04. The van der Waals surface area contributed by atoms with Gasteiger partial charge in [0.25, 0.3) is 0 Å². The molecule has 1 aromatic carbocycles. The maximum Gasteiger partial charge on any atom is 0.233 e. The molecule has 2 N–H and O–H groups in total. The zero-order chi connectivity index (χ0) is 20.6. The van der Waals surface area contributed by atoms with Gasteiger partial charge in [-0.2, -0.15) is 0 Å². The second-order valence-corrected chi connectivity index (χ2v) is 8.38. The van der Waals surface area contributed by atoms with Crippen LogP contribution >= 0.6 is 11.6 Å². The lowest BCUT2D eigenvalue weighted by Crippen LogP contribution is -2.34. The van der Waals surface area contributed by atoms with Gasteiger partial charge in [-0.3, -0.25) is 0 Å². The number of benzene rings is 1. The van der Waals surface area contributed by atoms with Crippen molar-refractivity contribution in [3.05, 3.63) is 52.0 Å². The second kappa shape index (κ2) is 6.54. The molecule has 3 aliphatic rings. The van der Waals surface area contributed by atoms with Gasteiger partial charge in [0.05, 0.1) is 35.4 Å². The van der Waals surface area contributed by atoms with Crippen LogP contribution in [0.2, 0.25) is 5.02 Å². The first-order chi connectivity index (χ1) is 14.5. The fraction of sp³-hybridized carbons (Fsp3) is 0.381. The number of halogens is 3. The summed E-state index contributed by atoms with van der Waals surface area (Å²) in [5.74, 6) is -0.638. The molecule has 0 bridgehead atoms. The molecule has 30 heavy (non-hydrogen) atoms. The highest BCUT2D eigenvalue weighted by Crippen LogP contribution is 2.54. The number of aliphatic hydroxyl groups is 1. The molecule has 0 radical (unpaired) electrons. The van der Waals surface area contributed by atoms with Crippen molar-refractivity contribution >= 4 is 22.6 Å². The number of aliphatic hydroxyl groups excluding tert-OH is 1. The second-order valence-electron chi connectivity index (χ2n) is 7.97. The Bertz CT molecular complexity index is 1150. The van der Waals surface area contributed by atoms with Gasteiger partial charge < -0.3 is 24.3 Å².